The molecule has 2 aromatic rings. The number of amides is 1. The lowest BCUT2D eigenvalue weighted by molar-refractivity contribution is -0.133. The van der Waals surface area contributed by atoms with Gasteiger partial charge in [0.2, 0.25) is 5.91 Å². The van der Waals surface area contributed by atoms with Gasteiger partial charge >= 0.3 is 0 Å². The molecule has 7 heteroatoms. The third-order valence-electron chi connectivity index (χ3n) is 4.54. The van der Waals surface area contributed by atoms with Crippen LogP contribution in [0, 0.1) is 6.92 Å². The fourth-order valence-electron chi connectivity index (χ4n) is 2.95. The van der Waals surface area contributed by atoms with Crippen molar-refractivity contribution in [2.75, 3.05) is 13.1 Å². The monoisotopic (exact) mass is 352 g/mol. The Morgan fingerprint density at radius 3 is 2.74 bits per heavy atom. The number of aryl methyl sites for hydroxylation is 2. The number of likely N-dealkylation sites (tertiary alicyclic amines) is 1. The smallest absolute Gasteiger partial charge is 0.224 e. The molecule has 0 spiro atoms. The number of nitrogens with zero attached hydrogens (tertiary/aromatic N) is 4. The molecule has 2 aromatic heterocycles. The van der Waals surface area contributed by atoms with Gasteiger partial charge in [0.15, 0.2) is 0 Å². The van der Waals surface area contributed by atoms with Crippen LogP contribution in [0.25, 0.3) is 0 Å². The Labute approximate surface area is 145 Å². The van der Waals surface area contributed by atoms with Gasteiger partial charge in [-0.25, -0.2) is 4.98 Å². The molecular formula is C16H21ClN4OS. The number of piperidine rings is 1. The molecule has 1 aliphatic rings. The number of aromatic nitrogens is 3. The van der Waals surface area contributed by atoms with Crippen molar-refractivity contribution in [1.82, 2.24) is 19.7 Å². The quantitative estimate of drug-likeness (QED) is 0.848. The lowest BCUT2D eigenvalue weighted by atomic mass is 9.81. The molecule has 0 atom stereocenters. The van der Waals surface area contributed by atoms with Gasteiger partial charge in [-0.15, -0.1) is 11.3 Å². The van der Waals surface area contributed by atoms with Crippen LogP contribution in [0.3, 0.4) is 0 Å². The molecule has 0 saturated carbocycles. The van der Waals surface area contributed by atoms with E-state index in [9.17, 15) is 4.79 Å². The van der Waals surface area contributed by atoms with E-state index in [1.54, 1.807) is 17.5 Å². The van der Waals surface area contributed by atoms with E-state index < -0.39 is 0 Å². The van der Waals surface area contributed by atoms with E-state index in [1.165, 1.54) is 0 Å². The largest absolute Gasteiger partial charge is 0.343 e. The zero-order valence-electron chi connectivity index (χ0n) is 13.5. The number of hydrogen-bond acceptors (Lipinski definition) is 4. The van der Waals surface area contributed by atoms with Crippen LogP contribution >= 0.6 is 22.9 Å². The highest BCUT2D eigenvalue weighted by Crippen LogP contribution is 2.38. The summed E-state index contributed by atoms with van der Waals surface area (Å²) in [6.07, 6.45) is 6.01. The number of thiazole rings is 1. The highest BCUT2D eigenvalue weighted by molar-refractivity contribution is 7.15. The Morgan fingerprint density at radius 2 is 2.17 bits per heavy atom. The second kappa shape index (κ2) is 6.61. The van der Waals surface area contributed by atoms with Crippen LogP contribution in [0.5, 0.6) is 0 Å². The van der Waals surface area contributed by atoms with Crippen LogP contribution < -0.4 is 0 Å². The maximum Gasteiger partial charge on any atom is 0.224 e. The second-order valence-electron chi connectivity index (χ2n) is 6.38. The molecule has 124 valence electrons. The summed E-state index contributed by atoms with van der Waals surface area (Å²) in [6, 6.07) is 1.95. The summed E-state index contributed by atoms with van der Waals surface area (Å²) in [4.78, 5) is 18.8. The summed E-state index contributed by atoms with van der Waals surface area (Å²) in [7, 11) is 0. The zero-order valence-corrected chi connectivity index (χ0v) is 15.0. The Morgan fingerprint density at radius 1 is 1.43 bits per heavy atom. The standard InChI is InChI=1S/C16H21ClN4OS/c1-12-3-7-21(19-12)8-4-14(22)20-9-5-16(2,6-10-20)15-18-11-13(17)23-15/h3,7,11H,4-6,8-10H2,1-2H3. The minimum Gasteiger partial charge on any atom is -0.343 e. The molecule has 1 amide bonds. The molecule has 0 bridgehead atoms. The number of carbonyl (C=O) groups is 1. The lowest BCUT2D eigenvalue weighted by Crippen LogP contribution is -2.44. The van der Waals surface area contributed by atoms with E-state index in [1.807, 2.05) is 28.8 Å². The van der Waals surface area contributed by atoms with E-state index in [2.05, 4.69) is 17.0 Å². The van der Waals surface area contributed by atoms with Gasteiger partial charge in [-0.05, 0) is 25.8 Å². The van der Waals surface area contributed by atoms with Gasteiger partial charge in [0.05, 0.1) is 11.9 Å². The van der Waals surface area contributed by atoms with Crippen LogP contribution in [0.4, 0.5) is 0 Å². The van der Waals surface area contributed by atoms with Gasteiger partial charge in [0, 0.05) is 37.7 Å². The third kappa shape index (κ3) is 3.75. The Kier molecular flexibility index (Phi) is 4.73. The van der Waals surface area contributed by atoms with Gasteiger partial charge in [-0.3, -0.25) is 9.48 Å². The second-order valence-corrected chi connectivity index (χ2v) is 8.04. The minimum absolute atomic E-state index is 0.0354. The average Bonchev–Trinajstić information content (AvgIpc) is 3.14. The first kappa shape index (κ1) is 16.5. The molecule has 1 aliphatic heterocycles. The zero-order chi connectivity index (χ0) is 16.4. The van der Waals surface area contributed by atoms with Crippen molar-refractivity contribution in [2.24, 2.45) is 0 Å². The molecule has 3 heterocycles. The summed E-state index contributed by atoms with van der Waals surface area (Å²) in [5.41, 5.74) is 1.02. The first-order chi connectivity index (χ1) is 11.0. The summed E-state index contributed by atoms with van der Waals surface area (Å²) >= 11 is 7.56. The van der Waals surface area contributed by atoms with Gasteiger partial charge in [0.25, 0.3) is 0 Å². The summed E-state index contributed by atoms with van der Waals surface area (Å²) in [5.74, 6) is 0.206. The average molecular weight is 353 g/mol. The summed E-state index contributed by atoms with van der Waals surface area (Å²) in [6.45, 7) is 6.38. The van der Waals surface area contributed by atoms with Crippen molar-refractivity contribution in [1.29, 1.82) is 0 Å². The summed E-state index contributed by atoms with van der Waals surface area (Å²) in [5, 5.41) is 5.40. The van der Waals surface area contributed by atoms with E-state index in [-0.39, 0.29) is 11.3 Å². The molecule has 1 saturated heterocycles. The first-order valence-electron chi connectivity index (χ1n) is 7.86. The normalized spacial score (nSPS) is 17.4. The SMILES string of the molecule is Cc1ccn(CCC(=O)N2CCC(C)(c3ncc(Cl)s3)CC2)n1. The molecule has 5 nitrogen and oxygen atoms in total. The Balaban J connectivity index is 1.53. The molecule has 0 N–H and O–H groups in total. The topological polar surface area (TPSA) is 51.0 Å². The predicted octanol–water partition coefficient (Wildman–Crippen LogP) is 3.27. The van der Waals surface area contributed by atoms with E-state index in [4.69, 9.17) is 11.6 Å². The fraction of sp³-hybridized carbons (Fsp3) is 0.562. The molecular weight excluding hydrogens is 332 g/mol. The van der Waals surface area contributed by atoms with Crippen LogP contribution in [0.1, 0.15) is 36.9 Å². The number of carbonyl (C=O) groups excluding carboxylic acids is 1. The van der Waals surface area contributed by atoms with Gasteiger partial charge < -0.3 is 4.90 Å². The van der Waals surface area contributed by atoms with Gasteiger partial charge in [-0.2, -0.15) is 5.10 Å². The molecule has 0 unspecified atom stereocenters. The first-order valence-corrected chi connectivity index (χ1v) is 9.05. The molecule has 0 aliphatic carbocycles. The van der Waals surface area contributed by atoms with Crippen molar-refractivity contribution in [3.8, 4) is 0 Å². The Hall–Kier alpha value is -1.40. The molecule has 0 radical (unpaired) electrons. The highest BCUT2D eigenvalue weighted by atomic mass is 35.5. The number of rotatable bonds is 4. The van der Waals surface area contributed by atoms with Crippen LogP contribution in [0.2, 0.25) is 4.34 Å². The van der Waals surface area contributed by atoms with Gasteiger partial charge in [0.1, 0.15) is 9.34 Å². The molecule has 0 aromatic carbocycles. The molecule has 3 rings (SSSR count). The van der Waals surface area contributed by atoms with E-state index in [0.29, 0.717) is 13.0 Å². The minimum atomic E-state index is 0.0354. The van der Waals surface area contributed by atoms with Crippen molar-refractivity contribution in [3.63, 3.8) is 0 Å². The maximum atomic E-state index is 12.4. The van der Waals surface area contributed by atoms with Crippen molar-refractivity contribution in [3.05, 3.63) is 33.5 Å². The highest BCUT2D eigenvalue weighted by Gasteiger charge is 2.35. The Bertz CT molecular complexity index is 688. The van der Waals surface area contributed by atoms with Crippen molar-refractivity contribution < 1.29 is 4.79 Å². The number of halogens is 1. The predicted molar refractivity (Wildman–Crippen MR) is 91.9 cm³/mol. The van der Waals surface area contributed by atoms with Crippen LogP contribution in [-0.4, -0.2) is 38.7 Å². The van der Waals surface area contributed by atoms with Gasteiger partial charge in [-0.1, -0.05) is 18.5 Å². The van der Waals surface area contributed by atoms with Crippen molar-refractivity contribution in [2.45, 2.75) is 45.1 Å². The molecule has 23 heavy (non-hydrogen) atoms. The van der Waals surface area contributed by atoms with Crippen molar-refractivity contribution >= 4 is 28.8 Å². The van der Waals surface area contributed by atoms with E-state index in [0.717, 1.165) is 41.0 Å². The number of hydrogen-bond donors (Lipinski definition) is 0. The lowest BCUT2D eigenvalue weighted by Gasteiger charge is -2.38. The van der Waals surface area contributed by atoms with E-state index >= 15 is 0 Å². The molecule has 1 fully saturated rings. The fourth-order valence-corrected chi connectivity index (χ4v) is 4.07. The third-order valence-corrected chi connectivity index (χ3v) is 5.96. The van der Waals surface area contributed by atoms with Crippen LogP contribution in [-0.2, 0) is 16.8 Å². The maximum absolute atomic E-state index is 12.4. The van der Waals surface area contributed by atoms with Crippen LogP contribution in [0.15, 0.2) is 18.5 Å². The summed E-state index contributed by atoms with van der Waals surface area (Å²) < 4.78 is 2.56.